The second-order valence-corrected chi connectivity index (χ2v) is 4.29. The van der Waals surface area contributed by atoms with Gasteiger partial charge in [-0.15, -0.1) is 5.57 Å². The van der Waals surface area contributed by atoms with Gasteiger partial charge in [-0.05, 0) is 11.3 Å². The topological polar surface area (TPSA) is 12.5 Å². The molecule has 0 atom stereocenters. The summed E-state index contributed by atoms with van der Waals surface area (Å²) in [6.07, 6.45) is 4.55. The zero-order valence-electron chi connectivity index (χ0n) is 11.6. The number of allylic oxidation sites excluding steroid dienone is 3. The normalized spacial score (nSPS) is 14.4. The first kappa shape index (κ1) is 17.1. The summed E-state index contributed by atoms with van der Waals surface area (Å²) in [4.78, 5) is 1.61. The minimum absolute atomic E-state index is 0. The molecule has 1 aromatic carbocycles. The van der Waals surface area contributed by atoms with E-state index in [-0.39, 0.29) is 44.0 Å². The van der Waals surface area contributed by atoms with Crippen LogP contribution in [-0.4, -0.2) is 19.1 Å². The Labute approximate surface area is 142 Å². The molecule has 0 aromatic heterocycles. The van der Waals surface area contributed by atoms with Crippen molar-refractivity contribution in [1.29, 1.82) is 0 Å². The molecule has 0 spiro atoms. The summed E-state index contributed by atoms with van der Waals surface area (Å²) in [6, 6.07) is 2.30. The van der Waals surface area contributed by atoms with Crippen molar-refractivity contribution in [3.05, 3.63) is 59.3 Å². The Morgan fingerprint density at radius 3 is 2.30 bits per heavy atom. The van der Waals surface area contributed by atoms with Crippen molar-refractivity contribution in [1.82, 2.24) is 4.90 Å². The van der Waals surface area contributed by atoms with Gasteiger partial charge in [0.15, 0.2) is 0 Å². The summed E-state index contributed by atoms with van der Waals surface area (Å²) in [5.41, 5.74) is 1.77. The number of ether oxygens (including phenoxy) is 1. The van der Waals surface area contributed by atoms with E-state index in [1.165, 1.54) is 7.11 Å². The van der Waals surface area contributed by atoms with E-state index in [1.54, 1.807) is 18.0 Å². The molecule has 1 aliphatic rings. The van der Waals surface area contributed by atoms with Crippen LogP contribution in [0, 0.1) is 17.7 Å². The maximum Gasteiger partial charge on any atom is 0.122 e. The third kappa shape index (κ3) is 3.02. The third-order valence-corrected chi connectivity index (χ3v) is 3.11. The molecule has 0 saturated heterocycles. The summed E-state index contributed by atoms with van der Waals surface area (Å²) in [7, 11) is 3.06. The second kappa shape index (κ2) is 6.64. The minimum atomic E-state index is -0.688. The summed E-state index contributed by atoms with van der Waals surface area (Å²) in [5.74, 6) is -1.23. The van der Waals surface area contributed by atoms with E-state index in [9.17, 15) is 8.78 Å². The maximum absolute atomic E-state index is 14.0. The monoisotopic (exact) mass is 351 g/mol. The maximum atomic E-state index is 14.0. The number of hydrogen-bond donors (Lipinski definition) is 0. The molecule has 2 nitrogen and oxygen atoms in total. The van der Waals surface area contributed by atoms with Crippen LogP contribution in [0.15, 0.2) is 36.1 Å². The van der Waals surface area contributed by atoms with Gasteiger partial charge in [-0.1, -0.05) is 19.2 Å². The molecule has 1 aromatic rings. The van der Waals surface area contributed by atoms with Crippen LogP contribution in [-0.2, 0) is 32.7 Å². The van der Waals surface area contributed by atoms with Gasteiger partial charge in [0.1, 0.15) is 5.75 Å². The van der Waals surface area contributed by atoms with E-state index in [0.717, 1.165) is 17.7 Å². The molecule has 1 heterocycles. The van der Waals surface area contributed by atoms with Crippen LogP contribution >= 0.6 is 0 Å². The number of rotatable bonds is 2. The third-order valence-electron chi connectivity index (χ3n) is 3.11. The van der Waals surface area contributed by atoms with Crippen molar-refractivity contribution in [2.45, 2.75) is 6.92 Å². The van der Waals surface area contributed by atoms with E-state index in [1.807, 2.05) is 6.92 Å². The van der Waals surface area contributed by atoms with Crippen molar-refractivity contribution in [2.24, 2.45) is 0 Å². The molecule has 1 aliphatic heterocycles. The summed E-state index contributed by atoms with van der Waals surface area (Å²) in [6.45, 7) is 5.74. The molecule has 0 unspecified atom stereocenters. The van der Waals surface area contributed by atoms with Crippen molar-refractivity contribution in [2.75, 3.05) is 14.2 Å². The molecule has 20 heavy (non-hydrogen) atoms. The molecule has 0 aliphatic carbocycles. The van der Waals surface area contributed by atoms with Crippen LogP contribution in [0.3, 0.4) is 0 Å². The molecular formula is C15H14F2NOY-. The predicted molar refractivity (Wildman–Crippen MR) is 70.2 cm³/mol. The Balaban J connectivity index is 0.00000200. The van der Waals surface area contributed by atoms with Gasteiger partial charge >= 0.3 is 0 Å². The zero-order valence-corrected chi connectivity index (χ0v) is 14.5. The van der Waals surface area contributed by atoms with Gasteiger partial charge in [-0.2, -0.15) is 12.2 Å². The largest absolute Gasteiger partial charge is 0.497 e. The summed E-state index contributed by atoms with van der Waals surface area (Å²) in [5, 5.41) is 0. The standard InChI is InChI=1S/C15H14F2NO.Y/c1-9-5-6-14(18(3)10(9)2)15-12(16)7-11(19-4)8-13(15)17;/h5,7-8H,2H2,1,3-4H3;/q-1;. The van der Waals surface area contributed by atoms with Crippen LogP contribution in [0.4, 0.5) is 8.78 Å². The van der Waals surface area contributed by atoms with Gasteiger partial charge in [-0.25, -0.2) is 8.78 Å². The van der Waals surface area contributed by atoms with Crippen molar-refractivity contribution in [3.8, 4) is 5.75 Å². The molecule has 0 fully saturated rings. The molecule has 0 N–H and O–H groups in total. The molecule has 0 bridgehead atoms. The van der Waals surface area contributed by atoms with E-state index in [2.05, 4.69) is 12.7 Å². The Morgan fingerprint density at radius 2 is 1.80 bits per heavy atom. The molecule has 0 saturated carbocycles. The van der Waals surface area contributed by atoms with Crippen LogP contribution in [0.5, 0.6) is 5.75 Å². The van der Waals surface area contributed by atoms with Crippen molar-refractivity contribution >= 4 is 5.70 Å². The fourth-order valence-electron chi connectivity index (χ4n) is 1.89. The number of benzene rings is 1. The number of hydrogen-bond acceptors (Lipinski definition) is 2. The number of nitrogens with zero attached hydrogens (tertiary/aromatic N) is 1. The number of methoxy groups -OCH3 is 1. The minimum Gasteiger partial charge on any atom is -0.497 e. The molecule has 5 heteroatoms. The molecule has 1 radical (unpaired) electrons. The molecule has 2 rings (SSSR count). The zero-order chi connectivity index (χ0) is 14.2. The van der Waals surface area contributed by atoms with Crippen LogP contribution < -0.4 is 4.74 Å². The second-order valence-electron chi connectivity index (χ2n) is 4.29. The van der Waals surface area contributed by atoms with E-state index >= 15 is 0 Å². The Bertz CT molecular complexity index is 585. The van der Waals surface area contributed by atoms with Gasteiger partial charge in [0.05, 0.1) is 18.7 Å². The van der Waals surface area contributed by atoms with E-state index in [4.69, 9.17) is 4.74 Å². The molecule has 103 valence electrons. The van der Waals surface area contributed by atoms with Crippen LogP contribution in [0.25, 0.3) is 5.70 Å². The Morgan fingerprint density at radius 1 is 1.25 bits per heavy atom. The molecular weight excluding hydrogens is 337 g/mol. The van der Waals surface area contributed by atoms with E-state index < -0.39 is 11.6 Å². The number of likely N-dealkylation sites (N-methyl/N-ethyl adjacent to an activating group) is 1. The van der Waals surface area contributed by atoms with Gasteiger partial charge in [0, 0.05) is 51.9 Å². The quantitative estimate of drug-likeness (QED) is 0.756. The first-order chi connectivity index (χ1) is 8.95. The smallest absolute Gasteiger partial charge is 0.122 e. The van der Waals surface area contributed by atoms with Crippen molar-refractivity contribution in [3.63, 3.8) is 0 Å². The first-order valence-corrected chi connectivity index (χ1v) is 5.72. The predicted octanol–water partition coefficient (Wildman–Crippen LogP) is 3.52. The van der Waals surface area contributed by atoms with E-state index in [0.29, 0.717) is 11.4 Å². The fourth-order valence-corrected chi connectivity index (χ4v) is 1.89. The fraction of sp³-hybridized carbons (Fsp3) is 0.200. The van der Waals surface area contributed by atoms with Gasteiger partial charge in [-0.3, -0.25) is 0 Å². The Kier molecular flexibility index (Phi) is 5.66. The number of halogens is 2. The van der Waals surface area contributed by atoms with Gasteiger partial charge in [0.2, 0.25) is 0 Å². The van der Waals surface area contributed by atoms with Gasteiger partial charge < -0.3 is 9.64 Å². The summed E-state index contributed by atoms with van der Waals surface area (Å²) >= 11 is 0. The average Bonchev–Trinajstić information content (AvgIpc) is 2.37. The average molecular weight is 351 g/mol. The SMILES string of the molecule is C=C1C(C)=C[C-]=C(c2c(F)cc(OC)cc2F)N1C.[Y]. The van der Waals surface area contributed by atoms with Crippen LogP contribution in [0.2, 0.25) is 0 Å². The van der Waals surface area contributed by atoms with Gasteiger partial charge in [0.25, 0.3) is 0 Å². The first-order valence-electron chi connectivity index (χ1n) is 5.72. The Hall–Kier alpha value is -0.996. The van der Waals surface area contributed by atoms with Crippen molar-refractivity contribution < 1.29 is 46.2 Å². The van der Waals surface area contributed by atoms with Crippen LogP contribution in [0.1, 0.15) is 12.5 Å². The molecule has 0 amide bonds. The summed E-state index contributed by atoms with van der Waals surface area (Å²) < 4.78 is 32.9.